The van der Waals surface area contributed by atoms with Crippen LogP contribution >= 0.6 is 11.6 Å². The van der Waals surface area contributed by atoms with Crippen molar-refractivity contribution in [2.24, 2.45) is 0 Å². The molecule has 0 bridgehead atoms. The first-order valence-electron chi connectivity index (χ1n) is 9.47. The minimum Gasteiger partial charge on any atom is -0.335 e. The molecule has 0 radical (unpaired) electrons. The lowest BCUT2D eigenvalue weighted by Gasteiger charge is -2.34. The largest absolute Gasteiger partial charge is 0.335 e. The smallest absolute Gasteiger partial charge is 0.271 e. The van der Waals surface area contributed by atoms with Gasteiger partial charge in [-0.2, -0.15) is 5.10 Å². The highest BCUT2D eigenvalue weighted by atomic mass is 35.5. The van der Waals surface area contributed by atoms with E-state index in [2.05, 4.69) is 34.2 Å². The lowest BCUT2D eigenvalue weighted by molar-refractivity contribution is 0.0622. The predicted octanol–water partition coefficient (Wildman–Crippen LogP) is 4.00. The van der Waals surface area contributed by atoms with Crippen molar-refractivity contribution < 1.29 is 4.79 Å². The monoisotopic (exact) mass is 394 g/mol. The predicted molar refractivity (Wildman–Crippen MR) is 111 cm³/mol. The average Bonchev–Trinajstić information content (AvgIpc) is 3.20. The molecule has 1 saturated heterocycles. The maximum Gasteiger partial charge on any atom is 0.271 e. The summed E-state index contributed by atoms with van der Waals surface area (Å²) in [6.45, 7) is 6.06. The molecule has 1 N–H and O–H groups in total. The van der Waals surface area contributed by atoms with E-state index in [1.165, 1.54) is 11.1 Å². The molecule has 6 heteroatoms. The van der Waals surface area contributed by atoms with Crippen LogP contribution in [0.4, 0.5) is 0 Å². The van der Waals surface area contributed by atoms with Gasteiger partial charge >= 0.3 is 0 Å². The first-order chi connectivity index (χ1) is 13.6. The Kier molecular flexibility index (Phi) is 5.46. The van der Waals surface area contributed by atoms with Crippen LogP contribution in [-0.2, 0) is 6.54 Å². The Morgan fingerprint density at radius 2 is 1.71 bits per heavy atom. The third-order valence-electron chi connectivity index (χ3n) is 5.13. The third-order valence-corrected chi connectivity index (χ3v) is 5.39. The minimum atomic E-state index is 0.0111. The SMILES string of the molecule is Cc1ccc(-c2cc(C(=O)N3CCN(Cc4ccc(Cl)cc4)CC3)[nH]n2)cc1. The van der Waals surface area contributed by atoms with Crippen molar-refractivity contribution in [2.75, 3.05) is 26.2 Å². The van der Waals surface area contributed by atoms with Crippen LogP contribution in [0.15, 0.2) is 54.6 Å². The zero-order valence-electron chi connectivity index (χ0n) is 15.9. The molecule has 144 valence electrons. The highest BCUT2D eigenvalue weighted by Crippen LogP contribution is 2.19. The number of carbonyl (C=O) groups excluding carboxylic acids is 1. The maximum atomic E-state index is 12.8. The maximum absolute atomic E-state index is 12.8. The number of aromatic amines is 1. The van der Waals surface area contributed by atoms with Crippen LogP contribution in [-0.4, -0.2) is 52.1 Å². The molecule has 5 nitrogen and oxygen atoms in total. The second kappa shape index (κ2) is 8.17. The van der Waals surface area contributed by atoms with Gasteiger partial charge in [-0.15, -0.1) is 0 Å². The number of benzene rings is 2. The van der Waals surface area contributed by atoms with Crippen molar-refractivity contribution in [3.8, 4) is 11.3 Å². The van der Waals surface area contributed by atoms with Crippen molar-refractivity contribution in [3.63, 3.8) is 0 Å². The van der Waals surface area contributed by atoms with E-state index < -0.39 is 0 Å². The molecule has 0 saturated carbocycles. The number of nitrogens with zero attached hydrogens (tertiary/aromatic N) is 3. The van der Waals surface area contributed by atoms with E-state index >= 15 is 0 Å². The molecule has 0 aliphatic carbocycles. The lowest BCUT2D eigenvalue weighted by Crippen LogP contribution is -2.48. The van der Waals surface area contributed by atoms with E-state index in [1.54, 1.807) is 0 Å². The molecule has 28 heavy (non-hydrogen) atoms. The quantitative estimate of drug-likeness (QED) is 0.727. The number of aryl methyl sites for hydroxylation is 1. The summed E-state index contributed by atoms with van der Waals surface area (Å²) >= 11 is 5.95. The fourth-order valence-corrected chi connectivity index (χ4v) is 3.56. The summed E-state index contributed by atoms with van der Waals surface area (Å²) in [7, 11) is 0. The van der Waals surface area contributed by atoms with Gasteiger partial charge in [-0.1, -0.05) is 53.6 Å². The van der Waals surface area contributed by atoms with Crippen LogP contribution in [0, 0.1) is 6.92 Å². The Morgan fingerprint density at radius 3 is 2.39 bits per heavy atom. The molecule has 1 fully saturated rings. The normalized spacial score (nSPS) is 15.0. The van der Waals surface area contributed by atoms with Gasteiger partial charge in [0.1, 0.15) is 5.69 Å². The number of halogens is 1. The summed E-state index contributed by atoms with van der Waals surface area (Å²) in [4.78, 5) is 17.1. The van der Waals surface area contributed by atoms with Gasteiger partial charge in [-0.25, -0.2) is 0 Å². The summed E-state index contributed by atoms with van der Waals surface area (Å²) in [6, 6.07) is 17.9. The first-order valence-corrected chi connectivity index (χ1v) is 9.85. The fraction of sp³-hybridized carbons (Fsp3) is 0.273. The van der Waals surface area contributed by atoms with Gasteiger partial charge < -0.3 is 4.90 Å². The van der Waals surface area contributed by atoms with Crippen LogP contribution in [0.3, 0.4) is 0 Å². The van der Waals surface area contributed by atoms with Crippen molar-refractivity contribution in [3.05, 3.63) is 76.4 Å². The molecule has 1 aromatic heterocycles. The summed E-state index contributed by atoms with van der Waals surface area (Å²) in [5, 5.41) is 7.97. The fourth-order valence-electron chi connectivity index (χ4n) is 3.43. The van der Waals surface area contributed by atoms with Gasteiger partial charge in [0.2, 0.25) is 0 Å². The van der Waals surface area contributed by atoms with Crippen LogP contribution < -0.4 is 0 Å². The molecule has 0 unspecified atom stereocenters. The lowest BCUT2D eigenvalue weighted by atomic mass is 10.1. The number of carbonyl (C=O) groups is 1. The van der Waals surface area contributed by atoms with Crippen LogP contribution in [0.5, 0.6) is 0 Å². The molecule has 2 heterocycles. The number of H-pyrrole nitrogens is 1. The molecule has 2 aromatic carbocycles. The zero-order valence-corrected chi connectivity index (χ0v) is 16.6. The topological polar surface area (TPSA) is 52.2 Å². The summed E-state index contributed by atoms with van der Waals surface area (Å²) in [5.41, 5.74) is 4.78. The molecular weight excluding hydrogens is 372 g/mol. The first kappa shape index (κ1) is 18.7. The zero-order chi connectivity index (χ0) is 19.5. The molecule has 0 atom stereocenters. The number of hydrogen-bond donors (Lipinski definition) is 1. The molecule has 1 aliphatic rings. The van der Waals surface area contributed by atoms with Gasteiger partial charge in [-0.3, -0.25) is 14.8 Å². The van der Waals surface area contributed by atoms with E-state index in [-0.39, 0.29) is 5.91 Å². The minimum absolute atomic E-state index is 0.0111. The van der Waals surface area contributed by atoms with E-state index in [9.17, 15) is 4.79 Å². The second-order valence-electron chi connectivity index (χ2n) is 7.23. The molecule has 1 aliphatic heterocycles. The number of aromatic nitrogens is 2. The van der Waals surface area contributed by atoms with E-state index in [1.807, 2.05) is 47.4 Å². The van der Waals surface area contributed by atoms with Crippen molar-refractivity contribution in [1.29, 1.82) is 0 Å². The van der Waals surface area contributed by atoms with Gasteiger partial charge in [0.25, 0.3) is 5.91 Å². The Bertz CT molecular complexity index is 941. The third kappa shape index (κ3) is 4.26. The van der Waals surface area contributed by atoms with Crippen LogP contribution in [0.2, 0.25) is 5.02 Å². The second-order valence-corrected chi connectivity index (χ2v) is 7.66. The highest BCUT2D eigenvalue weighted by Gasteiger charge is 2.23. The van der Waals surface area contributed by atoms with Crippen LogP contribution in [0.25, 0.3) is 11.3 Å². The Morgan fingerprint density at radius 1 is 1.04 bits per heavy atom. The van der Waals surface area contributed by atoms with Gasteiger partial charge in [0, 0.05) is 43.3 Å². The van der Waals surface area contributed by atoms with E-state index in [4.69, 9.17) is 11.6 Å². The number of rotatable bonds is 4. The van der Waals surface area contributed by atoms with Crippen molar-refractivity contribution >= 4 is 17.5 Å². The molecular formula is C22H23ClN4O. The average molecular weight is 395 g/mol. The van der Waals surface area contributed by atoms with Gasteiger partial charge in [-0.05, 0) is 30.7 Å². The number of nitrogens with one attached hydrogen (secondary N) is 1. The van der Waals surface area contributed by atoms with Gasteiger partial charge in [0.05, 0.1) is 5.69 Å². The summed E-state index contributed by atoms with van der Waals surface area (Å²) in [6.07, 6.45) is 0. The van der Waals surface area contributed by atoms with Gasteiger partial charge in [0.15, 0.2) is 0 Å². The Labute approximate surface area is 169 Å². The molecule has 1 amide bonds. The van der Waals surface area contributed by atoms with E-state index in [0.29, 0.717) is 18.8 Å². The molecule has 4 rings (SSSR count). The number of piperazine rings is 1. The van der Waals surface area contributed by atoms with Crippen LogP contribution in [0.1, 0.15) is 21.6 Å². The number of hydrogen-bond acceptors (Lipinski definition) is 3. The van der Waals surface area contributed by atoms with Crippen molar-refractivity contribution in [1.82, 2.24) is 20.0 Å². The standard InChI is InChI=1S/C22H23ClN4O/c1-16-2-6-18(7-3-16)20-14-21(25-24-20)22(28)27-12-10-26(11-13-27)15-17-4-8-19(23)9-5-17/h2-9,14H,10-13,15H2,1H3,(H,24,25). The highest BCUT2D eigenvalue weighted by molar-refractivity contribution is 6.30. The Hall–Kier alpha value is -2.63. The summed E-state index contributed by atoms with van der Waals surface area (Å²) in [5.74, 6) is 0.0111. The molecule has 3 aromatic rings. The number of amides is 1. The molecule has 0 spiro atoms. The Balaban J connectivity index is 1.35. The van der Waals surface area contributed by atoms with E-state index in [0.717, 1.165) is 35.9 Å². The summed E-state index contributed by atoms with van der Waals surface area (Å²) < 4.78 is 0. The van der Waals surface area contributed by atoms with Crippen molar-refractivity contribution in [2.45, 2.75) is 13.5 Å².